The van der Waals surface area contributed by atoms with E-state index >= 15 is 0 Å². The van der Waals surface area contributed by atoms with Gasteiger partial charge in [0.05, 0.1) is 13.7 Å². The monoisotopic (exact) mass is 450 g/mol. The second kappa shape index (κ2) is 10.5. The topological polar surface area (TPSA) is 83.5 Å². The largest absolute Gasteiger partial charge is 0.497 e. The number of guanidine groups is 1. The van der Waals surface area contributed by atoms with E-state index in [0.717, 1.165) is 38.3 Å². The number of hydrogen-bond donors (Lipinski definition) is 1. The van der Waals surface area contributed by atoms with Crippen molar-refractivity contribution in [3.63, 3.8) is 0 Å². The summed E-state index contributed by atoms with van der Waals surface area (Å²) >= 11 is 0. The highest BCUT2D eigenvalue weighted by Crippen LogP contribution is 2.32. The first kappa shape index (κ1) is 22.8. The Morgan fingerprint density at radius 3 is 2.39 bits per heavy atom. The third-order valence-electron chi connectivity index (χ3n) is 6.01. The summed E-state index contributed by atoms with van der Waals surface area (Å²) in [4.78, 5) is 34.9. The molecule has 2 aromatic rings. The van der Waals surface area contributed by atoms with Crippen LogP contribution in [0.15, 0.2) is 59.6 Å². The van der Waals surface area contributed by atoms with Crippen molar-refractivity contribution in [2.24, 2.45) is 10.9 Å². The van der Waals surface area contributed by atoms with E-state index in [1.165, 1.54) is 5.56 Å². The first-order valence-electron chi connectivity index (χ1n) is 11.3. The third-order valence-corrected chi connectivity index (χ3v) is 6.01. The summed E-state index contributed by atoms with van der Waals surface area (Å²) < 4.78 is 10.4. The van der Waals surface area contributed by atoms with Crippen LogP contribution in [0.3, 0.4) is 0 Å². The zero-order valence-electron chi connectivity index (χ0n) is 19.1. The maximum Gasteiger partial charge on any atom is 0.321 e. The van der Waals surface area contributed by atoms with Gasteiger partial charge in [0.25, 0.3) is 0 Å². The zero-order valence-corrected chi connectivity index (χ0v) is 19.1. The lowest BCUT2D eigenvalue weighted by molar-refractivity contribution is -0.153. The number of rotatable bonds is 6. The number of carbonyl (C=O) groups excluding carboxylic acids is 2. The fraction of sp³-hybridized carbons (Fsp3) is 0.400. The standard InChI is InChI=1S/C25H30N4O4/c1-3-33-24(31)21-22(19-9-11-20(32-2)12-10-19)26-25(27-23(21)30)29-15-13-28(14-16-29)17-18-7-5-4-6-8-18/h4-12,21-22H,3,13-17H2,1-2H3,(H,26,27,30)/t21-,22-/m1/s1. The predicted octanol–water partition coefficient (Wildman–Crippen LogP) is 2.22. The number of carbonyl (C=O) groups is 2. The highest BCUT2D eigenvalue weighted by molar-refractivity contribution is 6.08. The van der Waals surface area contributed by atoms with Crippen molar-refractivity contribution >= 4 is 17.8 Å². The van der Waals surface area contributed by atoms with Gasteiger partial charge in [0.1, 0.15) is 11.8 Å². The van der Waals surface area contributed by atoms with E-state index in [1.807, 2.05) is 30.3 Å². The van der Waals surface area contributed by atoms with Crippen LogP contribution in [0.2, 0.25) is 0 Å². The van der Waals surface area contributed by atoms with Crippen molar-refractivity contribution in [1.29, 1.82) is 0 Å². The Hall–Kier alpha value is -3.39. The van der Waals surface area contributed by atoms with Crippen molar-refractivity contribution in [2.75, 3.05) is 39.9 Å². The summed E-state index contributed by atoms with van der Waals surface area (Å²) in [6.07, 6.45) is 0. The zero-order chi connectivity index (χ0) is 23.2. The minimum absolute atomic E-state index is 0.206. The van der Waals surface area contributed by atoms with Crippen LogP contribution in [0.5, 0.6) is 5.75 Å². The number of benzene rings is 2. The molecule has 0 unspecified atom stereocenters. The quantitative estimate of drug-likeness (QED) is 0.537. The van der Waals surface area contributed by atoms with Gasteiger partial charge in [-0.05, 0) is 30.2 Å². The van der Waals surface area contributed by atoms with Gasteiger partial charge in [0.15, 0.2) is 5.92 Å². The van der Waals surface area contributed by atoms with Gasteiger partial charge < -0.3 is 14.4 Å². The Morgan fingerprint density at radius 1 is 1.06 bits per heavy atom. The van der Waals surface area contributed by atoms with Crippen LogP contribution in [0.4, 0.5) is 0 Å². The summed E-state index contributed by atoms with van der Waals surface area (Å²) in [5.41, 5.74) is 2.05. The number of piperazine rings is 1. The first-order chi connectivity index (χ1) is 16.1. The molecule has 1 N–H and O–H groups in total. The minimum Gasteiger partial charge on any atom is -0.497 e. The number of amides is 1. The van der Waals surface area contributed by atoms with E-state index in [0.29, 0.717) is 11.7 Å². The molecule has 1 fully saturated rings. The van der Waals surface area contributed by atoms with Gasteiger partial charge >= 0.3 is 5.97 Å². The highest BCUT2D eigenvalue weighted by atomic mass is 16.5. The molecular weight excluding hydrogens is 420 g/mol. The Kier molecular flexibility index (Phi) is 7.24. The SMILES string of the molecule is CCOC(=O)[C@H]1C(=O)NC(N2CCN(Cc3ccccc3)CC2)=N[C@@H]1c1ccc(OC)cc1. The van der Waals surface area contributed by atoms with Gasteiger partial charge in [-0.15, -0.1) is 0 Å². The van der Waals surface area contributed by atoms with Crippen molar-refractivity contribution in [3.8, 4) is 5.75 Å². The predicted molar refractivity (Wildman–Crippen MR) is 125 cm³/mol. The van der Waals surface area contributed by atoms with Crippen LogP contribution in [0, 0.1) is 5.92 Å². The van der Waals surface area contributed by atoms with E-state index in [9.17, 15) is 9.59 Å². The molecule has 2 aromatic carbocycles. The number of nitrogens with one attached hydrogen (secondary N) is 1. The fourth-order valence-corrected chi connectivity index (χ4v) is 4.23. The van der Waals surface area contributed by atoms with E-state index in [1.54, 1.807) is 14.0 Å². The number of ether oxygens (including phenoxy) is 2. The van der Waals surface area contributed by atoms with Crippen LogP contribution in [0.25, 0.3) is 0 Å². The minimum atomic E-state index is -1.03. The Morgan fingerprint density at radius 2 is 1.76 bits per heavy atom. The van der Waals surface area contributed by atoms with Gasteiger partial charge in [-0.3, -0.25) is 19.8 Å². The molecule has 0 aromatic heterocycles. The van der Waals surface area contributed by atoms with Gasteiger partial charge in [-0.25, -0.2) is 4.99 Å². The Bertz CT molecular complexity index is 985. The molecular formula is C25H30N4O4. The molecule has 4 rings (SSSR count). The maximum absolute atomic E-state index is 13.0. The number of aliphatic imine (C=N–C) groups is 1. The lowest BCUT2D eigenvalue weighted by Crippen LogP contribution is -2.57. The van der Waals surface area contributed by atoms with Crippen LogP contribution >= 0.6 is 0 Å². The molecule has 0 aliphatic carbocycles. The summed E-state index contributed by atoms with van der Waals surface area (Å²) in [6, 6.07) is 17.0. The molecule has 0 bridgehead atoms. The van der Waals surface area contributed by atoms with Gasteiger partial charge in [0.2, 0.25) is 11.9 Å². The maximum atomic E-state index is 13.0. The average molecular weight is 451 g/mol. The van der Waals surface area contributed by atoms with E-state index in [2.05, 4.69) is 39.4 Å². The fourth-order valence-electron chi connectivity index (χ4n) is 4.23. The molecule has 2 heterocycles. The van der Waals surface area contributed by atoms with Crippen LogP contribution < -0.4 is 10.1 Å². The molecule has 2 aliphatic rings. The second-order valence-electron chi connectivity index (χ2n) is 8.14. The molecule has 0 radical (unpaired) electrons. The third kappa shape index (κ3) is 5.34. The summed E-state index contributed by atoms with van der Waals surface area (Å²) in [6.45, 7) is 6.03. The number of esters is 1. The van der Waals surface area contributed by atoms with E-state index in [4.69, 9.17) is 14.5 Å². The van der Waals surface area contributed by atoms with E-state index in [-0.39, 0.29) is 12.5 Å². The van der Waals surface area contributed by atoms with Crippen LogP contribution in [-0.2, 0) is 20.9 Å². The smallest absolute Gasteiger partial charge is 0.321 e. The molecule has 174 valence electrons. The molecule has 0 spiro atoms. The molecule has 33 heavy (non-hydrogen) atoms. The number of nitrogens with zero attached hydrogens (tertiary/aromatic N) is 3. The lowest BCUT2D eigenvalue weighted by atomic mass is 9.91. The Balaban J connectivity index is 1.51. The highest BCUT2D eigenvalue weighted by Gasteiger charge is 2.42. The molecule has 1 amide bonds. The van der Waals surface area contributed by atoms with Crippen molar-refractivity contribution in [1.82, 2.24) is 15.1 Å². The van der Waals surface area contributed by atoms with E-state index < -0.39 is 17.9 Å². The summed E-state index contributed by atoms with van der Waals surface area (Å²) in [5, 5.41) is 2.86. The van der Waals surface area contributed by atoms with Crippen molar-refractivity contribution in [2.45, 2.75) is 19.5 Å². The Labute approximate surface area is 194 Å². The first-order valence-corrected chi connectivity index (χ1v) is 11.3. The van der Waals surface area contributed by atoms with Gasteiger partial charge in [-0.2, -0.15) is 0 Å². The summed E-state index contributed by atoms with van der Waals surface area (Å²) in [5.74, 6) is -0.759. The molecule has 1 saturated heterocycles. The van der Waals surface area contributed by atoms with Crippen LogP contribution in [-0.4, -0.2) is 67.5 Å². The molecule has 2 atom stereocenters. The number of hydrogen-bond acceptors (Lipinski definition) is 7. The van der Waals surface area contributed by atoms with Crippen LogP contribution in [0.1, 0.15) is 24.1 Å². The summed E-state index contributed by atoms with van der Waals surface area (Å²) in [7, 11) is 1.60. The van der Waals surface area contributed by atoms with Gasteiger partial charge in [0, 0.05) is 32.7 Å². The van der Waals surface area contributed by atoms with Crippen molar-refractivity contribution in [3.05, 3.63) is 65.7 Å². The second-order valence-corrected chi connectivity index (χ2v) is 8.14. The van der Waals surface area contributed by atoms with Crippen molar-refractivity contribution < 1.29 is 19.1 Å². The molecule has 0 saturated carbocycles. The normalized spacial score (nSPS) is 21.2. The molecule has 8 heteroatoms. The lowest BCUT2D eigenvalue weighted by Gasteiger charge is -2.39. The molecule has 8 nitrogen and oxygen atoms in total. The van der Waals surface area contributed by atoms with Gasteiger partial charge in [-0.1, -0.05) is 42.5 Å². The number of methoxy groups -OCH3 is 1. The average Bonchev–Trinajstić information content (AvgIpc) is 2.85. The molecule has 2 aliphatic heterocycles.